The highest BCUT2D eigenvalue weighted by Crippen LogP contribution is 2.29. The average Bonchev–Trinajstić information content (AvgIpc) is 2.72. The van der Waals surface area contributed by atoms with Gasteiger partial charge in [0.05, 0.1) is 12.4 Å². The first kappa shape index (κ1) is 23.3. The largest absolute Gasteiger partial charge is 0.464 e. The quantitative estimate of drug-likeness (QED) is 0.325. The lowest BCUT2D eigenvalue weighted by Crippen LogP contribution is -2.20. The fourth-order valence-corrected chi connectivity index (χ4v) is 3.96. The van der Waals surface area contributed by atoms with Gasteiger partial charge in [0.25, 0.3) is 0 Å². The molecule has 154 valence electrons. The van der Waals surface area contributed by atoms with E-state index >= 15 is 0 Å². The second-order valence-corrected chi connectivity index (χ2v) is 8.19. The van der Waals surface area contributed by atoms with Gasteiger partial charge in [0, 0.05) is 10.8 Å². The number of hydrogen-bond donors (Lipinski definition) is 0. The van der Waals surface area contributed by atoms with Crippen LogP contribution >= 0.6 is 24.2 Å². The Hall–Kier alpha value is -2.01. The van der Waals surface area contributed by atoms with Crippen molar-refractivity contribution in [2.24, 2.45) is 0 Å². The lowest BCUT2D eigenvalue weighted by molar-refractivity contribution is -0.141. The average molecular weight is 430 g/mol. The molecular weight excluding hydrogens is 402 g/mol. The van der Waals surface area contributed by atoms with Crippen molar-refractivity contribution in [2.75, 3.05) is 33.0 Å². The summed E-state index contributed by atoms with van der Waals surface area (Å²) in [6, 6.07) is 24.7. The number of benzene rings is 3. The van der Waals surface area contributed by atoms with Crippen LogP contribution in [0.3, 0.4) is 0 Å². The Labute approximate surface area is 183 Å². The first-order valence-corrected chi connectivity index (χ1v) is 10.6. The molecular formula is C24H28ClNO2S. The Morgan fingerprint density at radius 2 is 1.66 bits per heavy atom. The third-order valence-corrected chi connectivity index (χ3v) is 5.72. The zero-order valence-electron chi connectivity index (χ0n) is 16.9. The number of halogens is 1. The van der Waals surface area contributed by atoms with Crippen molar-refractivity contribution in [3.63, 3.8) is 0 Å². The molecule has 0 amide bonds. The van der Waals surface area contributed by atoms with Gasteiger partial charge < -0.3 is 9.64 Å². The maximum Gasteiger partial charge on any atom is 0.316 e. The van der Waals surface area contributed by atoms with E-state index in [4.69, 9.17) is 4.74 Å². The van der Waals surface area contributed by atoms with Crippen molar-refractivity contribution in [1.82, 2.24) is 4.90 Å². The number of ether oxygens (including phenoxy) is 1. The van der Waals surface area contributed by atoms with Crippen molar-refractivity contribution in [3.05, 3.63) is 78.4 Å². The first-order chi connectivity index (χ1) is 13.6. The third kappa shape index (κ3) is 7.07. The van der Waals surface area contributed by atoms with Gasteiger partial charge in [0.15, 0.2) is 0 Å². The molecule has 0 saturated carbocycles. The van der Waals surface area contributed by atoms with Gasteiger partial charge in [-0.25, -0.2) is 0 Å². The SMILES string of the molecule is CN(C)CCC(COC(=O)CSc1ccccc1)c1cccc2ccccc12.Cl. The molecule has 5 heteroatoms. The third-order valence-electron chi connectivity index (χ3n) is 4.73. The highest BCUT2D eigenvalue weighted by molar-refractivity contribution is 8.00. The van der Waals surface area contributed by atoms with E-state index in [-0.39, 0.29) is 24.3 Å². The number of rotatable bonds is 9. The van der Waals surface area contributed by atoms with Crippen molar-refractivity contribution in [2.45, 2.75) is 17.2 Å². The van der Waals surface area contributed by atoms with E-state index in [1.165, 1.54) is 28.1 Å². The van der Waals surface area contributed by atoms with Gasteiger partial charge in [-0.05, 0) is 55.5 Å². The molecule has 0 aliphatic heterocycles. The molecule has 3 rings (SSSR count). The molecule has 0 spiro atoms. The van der Waals surface area contributed by atoms with Crippen LogP contribution in [-0.2, 0) is 9.53 Å². The molecule has 0 aliphatic carbocycles. The number of carbonyl (C=O) groups is 1. The predicted octanol–water partition coefficient (Wildman–Crippen LogP) is 5.63. The lowest BCUT2D eigenvalue weighted by Gasteiger charge is -2.21. The predicted molar refractivity (Wildman–Crippen MR) is 125 cm³/mol. The van der Waals surface area contributed by atoms with Gasteiger partial charge >= 0.3 is 5.97 Å². The smallest absolute Gasteiger partial charge is 0.316 e. The minimum atomic E-state index is -0.163. The highest BCUT2D eigenvalue weighted by Gasteiger charge is 2.17. The fourth-order valence-electron chi connectivity index (χ4n) is 3.24. The van der Waals surface area contributed by atoms with Crippen LogP contribution in [0, 0.1) is 0 Å². The molecule has 1 atom stereocenters. The van der Waals surface area contributed by atoms with Crippen molar-refractivity contribution in [1.29, 1.82) is 0 Å². The summed E-state index contributed by atoms with van der Waals surface area (Å²) in [7, 11) is 4.14. The van der Waals surface area contributed by atoms with Crippen molar-refractivity contribution < 1.29 is 9.53 Å². The van der Waals surface area contributed by atoms with Crippen LogP contribution < -0.4 is 0 Å². The lowest BCUT2D eigenvalue weighted by atomic mass is 9.91. The topological polar surface area (TPSA) is 29.5 Å². The molecule has 0 bridgehead atoms. The molecule has 0 saturated heterocycles. The number of esters is 1. The van der Waals surface area contributed by atoms with Gasteiger partial charge in [-0.3, -0.25) is 4.79 Å². The Morgan fingerprint density at radius 1 is 0.966 bits per heavy atom. The summed E-state index contributed by atoms with van der Waals surface area (Å²) in [5.74, 6) is 0.350. The van der Waals surface area contributed by atoms with E-state index in [0.717, 1.165) is 17.9 Å². The van der Waals surface area contributed by atoms with Gasteiger partial charge in [-0.15, -0.1) is 24.2 Å². The van der Waals surface area contributed by atoms with Crippen LogP contribution in [0.2, 0.25) is 0 Å². The molecule has 0 fully saturated rings. The highest BCUT2D eigenvalue weighted by atomic mass is 35.5. The van der Waals surface area contributed by atoms with E-state index in [9.17, 15) is 4.79 Å². The van der Waals surface area contributed by atoms with E-state index in [2.05, 4.69) is 61.5 Å². The zero-order chi connectivity index (χ0) is 19.8. The zero-order valence-corrected chi connectivity index (χ0v) is 18.5. The van der Waals surface area contributed by atoms with E-state index < -0.39 is 0 Å². The molecule has 3 aromatic rings. The molecule has 3 aromatic carbocycles. The number of hydrogen-bond acceptors (Lipinski definition) is 4. The monoisotopic (exact) mass is 429 g/mol. The molecule has 29 heavy (non-hydrogen) atoms. The van der Waals surface area contributed by atoms with Crippen LogP contribution in [-0.4, -0.2) is 43.9 Å². The van der Waals surface area contributed by atoms with Gasteiger partial charge in [-0.2, -0.15) is 0 Å². The van der Waals surface area contributed by atoms with Gasteiger partial charge in [0.2, 0.25) is 0 Å². The molecule has 0 aromatic heterocycles. The summed E-state index contributed by atoms with van der Waals surface area (Å²) in [6.45, 7) is 1.36. The standard InChI is InChI=1S/C24H27NO2S.ClH/c1-25(2)16-15-20(23-14-8-10-19-9-6-7-13-22(19)23)17-27-24(26)18-28-21-11-4-3-5-12-21;/h3-14,20H,15-18H2,1-2H3;1H. The van der Waals surface area contributed by atoms with Crippen molar-refractivity contribution in [3.8, 4) is 0 Å². The Morgan fingerprint density at radius 3 is 2.41 bits per heavy atom. The molecule has 0 heterocycles. The Bertz CT molecular complexity index is 896. The molecule has 0 radical (unpaired) electrons. The summed E-state index contributed by atoms with van der Waals surface area (Å²) in [4.78, 5) is 15.6. The van der Waals surface area contributed by atoms with Crippen LogP contribution in [0.25, 0.3) is 10.8 Å². The molecule has 0 N–H and O–H groups in total. The van der Waals surface area contributed by atoms with E-state index in [0.29, 0.717) is 12.4 Å². The van der Waals surface area contributed by atoms with Gasteiger partial charge in [0.1, 0.15) is 0 Å². The number of carbonyl (C=O) groups excluding carboxylic acids is 1. The van der Waals surface area contributed by atoms with Crippen LogP contribution in [0.15, 0.2) is 77.7 Å². The normalized spacial score (nSPS) is 11.8. The fraction of sp³-hybridized carbons (Fsp3) is 0.292. The summed E-state index contributed by atoms with van der Waals surface area (Å²) in [5, 5.41) is 2.46. The van der Waals surface area contributed by atoms with Gasteiger partial charge in [-0.1, -0.05) is 60.7 Å². The first-order valence-electron chi connectivity index (χ1n) is 9.59. The van der Waals surface area contributed by atoms with E-state index in [1.807, 2.05) is 30.3 Å². The minimum Gasteiger partial charge on any atom is -0.464 e. The molecule has 0 aliphatic rings. The second kappa shape index (κ2) is 11.9. The Balaban J connectivity index is 0.00000300. The summed E-state index contributed by atoms with van der Waals surface area (Å²) < 4.78 is 5.68. The van der Waals surface area contributed by atoms with Crippen LogP contribution in [0.4, 0.5) is 0 Å². The molecule has 1 unspecified atom stereocenters. The summed E-state index contributed by atoms with van der Waals surface area (Å²) >= 11 is 1.51. The van der Waals surface area contributed by atoms with E-state index in [1.54, 1.807) is 0 Å². The minimum absolute atomic E-state index is 0. The second-order valence-electron chi connectivity index (χ2n) is 7.14. The van der Waals surface area contributed by atoms with Crippen molar-refractivity contribution >= 4 is 40.9 Å². The molecule has 3 nitrogen and oxygen atoms in total. The Kier molecular flexibility index (Phi) is 9.52. The van der Waals surface area contributed by atoms with Crippen LogP contribution in [0.5, 0.6) is 0 Å². The van der Waals surface area contributed by atoms with Crippen LogP contribution in [0.1, 0.15) is 17.9 Å². The maximum atomic E-state index is 12.3. The maximum absolute atomic E-state index is 12.3. The number of thioether (sulfide) groups is 1. The summed E-state index contributed by atoms with van der Waals surface area (Å²) in [6.07, 6.45) is 0.945. The number of fused-ring (bicyclic) bond motifs is 1. The number of nitrogens with zero attached hydrogens (tertiary/aromatic N) is 1. The summed E-state index contributed by atoms with van der Waals surface area (Å²) in [5.41, 5.74) is 1.25.